The summed E-state index contributed by atoms with van der Waals surface area (Å²) in [5.41, 5.74) is 8.48. The molecule has 0 spiro atoms. The van der Waals surface area contributed by atoms with Gasteiger partial charge in [0.2, 0.25) is 5.91 Å². The third kappa shape index (κ3) is 2.51. The highest BCUT2D eigenvalue weighted by molar-refractivity contribution is 6.34. The van der Waals surface area contributed by atoms with E-state index >= 15 is 0 Å². The van der Waals surface area contributed by atoms with Gasteiger partial charge in [0.25, 0.3) is 0 Å². The highest BCUT2D eigenvalue weighted by Crippen LogP contribution is 2.46. The van der Waals surface area contributed by atoms with E-state index < -0.39 is 0 Å². The van der Waals surface area contributed by atoms with E-state index in [4.69, 9.17) is 17.3 Å². The molecule has 4 atom stereocenters. The minimum atomic E-state index is -0.286. The Balaban J connectivity index is 1.56. The van der Waals surface area contributed by atoms with E-state index in [9.17, 15) is 4.79 Å². The maximum Gasteiger partial charge on any atom is 0.223 e. The van der Waals surface area contributed by atoms with Crippen LogP contribution in [0.5, 0.6) is 0 Å². The molecule has 9 heteroatoms. The molecule has 3 aromatic rings. The number of carbonyl (C=O) groups is 1. The first-order valence-electron chi connectivity index (χ1n) is 8.78. The topological polar surface area (TPSA) is 115 Å². The fourth-order valence-corrected chi connectivity index (χ4v) is 4.53. The molecule has 2 bridgehead atoms. The number of aromatic amines is 1. The normalized spacial score (nSPS) is 26.1. The van der Waals surface area contributed by atoms with Crippen molar-refractivity contribution in [3.05, 3.63) is 35.8 Å². The van der Waals surface area contributed by atoms with Crippen molar-refractivity contribution in [2.75, 3.05) is 5.32 Å². The first-order valence-corrected chi connectivity index (χ1v) is 9.16. The van der Waals surface area contributed by atoms with Gasteiger partial charge in [-0.1, -0.05) is 23.8 Å². The fourth-order valence-electron chi connectivity index (χ4n) is 4.33. The highest BCUT2D eigenvalue weighted by atomic mass is 35.5. The number of amides is 1. The van der Waals surface area contributed by atoms with Crippen LogP contribution in [0, 0.1) is 17.8 Å². The lowest BCUT2D eigenvalue weighted by atomic mass is 9.88. The standard InChI is InChI=1S/C18H18ClN7O/c1-26-7-10(5-22-26)17-24-15-14(11(19)6-21-18(15)25-17)23-13-9-3-2-8(4-9)12(13)16(20)27/h2-3,5-9,12-13H,4H2,1H3,(H2,20,27)(H2,21,23,24,25)/t8-,9+,12+,13-/m1/s1. The largest absolute Gasteiger partial charge is 0.378 e. The average Bonchev–Trinajstić information content (AvgIpc) is 3.39. The number of pyridine rings is 1. The first kappa shape index (κ1) is 16.3. The van der Waals surface area contributed by atoms with Crippen molar-refractivity contribution < 1.29 is 4.79 Å². The Bertz CT molecular complexity index is 1080. The Morgan fingerprint density at radius 2 is 2.19 bits per heavy atom. The molecule has 0 aromatic carbocycles. The minimum absolute atomic E-state index is 0.0919. The minimum Gasteiger partial charge on any atom is -0.378 e. The number of hydrogen-bond donors (Lipinski definition) is 3. The number of nitrogens with one attached hydrogen (secondary N) is 2. The Morgan fingerprint density at radius 1 is 1.37 bits per heavy atom. The number of nitrogens with zero attached hydrogens (tertiary/aromatic N) is 4. The molecule has 1 saturated carbocycles. The number of allylic oxidation sites excluding steroid dienone is 1. The van der Waals surface area contributed by atoms with Crippen LogP contribution in [-0.2, 0) is 11.8 Å². The Hall–Kier alpha value is -2.87. The number of halogens is 1. The number of imidazole rings is 1. The molecule has 0 unspecified atom stereocenters. The first-order chi connectivity index (χ1) is 13.0. The maximum absolute atomic E-state index is 12.0. The van der Waals surface area contributed by atoms with Gasteiger partial charge in [-0.3, -0.25) is 9.48 Å². The molecule has 2 aliphatic rings. The average molecular weight is 384 g/mol. The molecule has 0 radical (unpaired) electrons. The molecule has 4 N–H and O–H groups in total. The van der Waals surface area contributed by atoms with Crippen LogP contribution in [0.1, 0.15) is 6.42 Å². The van der Waals surface area contributed by atoms with Gasteiger partial charge in [0, 0.05) is 19.3 Å². The molecule has 3 aromatic heterocycles. The molecule has 0 aliphatic heterocycles. The van der Waals surface area contributed by atoms with Crippen LogP contribution in [0.15, 0.2) is 30.7 Å². The summed E-state index contributed by atoms with van der Waals surface area (Å²) in [6.07, 6.45) is 10.4. The Morgan fingerprint density at radius 3 is 2.93 bits per heavy atom. The molecule has 2 aliphatic carbocycles. The number of primary amides is 1. The molecular weight excluding hydrogens is 366 g/mol. The van der Waals surface area contributed by atoms with Gasteiger partial charge in [-0.2, -0.15) is 5.10 Å². The summed E-state index contributed by atoms with van der Waals surface area (Å²) in [5.74, 6) is 0.572. The number of anilines is 1. The zero-order valence-electron chi connectivity index (χ0n) is 14.6. The van der Waals surface area contributed by atoms with Gasteiger partial charge >= 0.3 is 0 Å². The monoisotopic (exact) mass is 383 g/mol. The number of hydrogen-bond acceptors (Lipinski definition) is 5. The number of nitrogens with two attached hydrogens (primary N) is 1. The van der Waals surface area contributed by atoms with Gasteiger partial charge in [0.05, 0.1) is 34.6 Å². The van der Waals surface area contributed by atoms with Crippen LogP contribution in [0.4, 0.5) is 5.69 Å². The summed E-state index contributed by atoms with van der Waals surface area (Å²) in [6.45, 7) is 0. The molecule has 1 amide bonds. The number of aryl methyl sites for hydroxylation is 1. The number of H-pyrrole nitrogens is 1. The van der Waals surface area contributed by atoms with Gasteiger partial charge in [0.1, 0.15) is 11.3 Å². The van der Waals surface area contributed by atoms with Crippen LogP contribution >= 0.6 is 11.6 Å². The maximum atomic E-state index is 12.0. The van der Waals surface area contributed by atoms with E-state index in [0.717, 1.165) is 12.0 Å². The van der Waals surface area contributed by atoms with E-state index in [2.05, 4.69) is 37.5 Å². The zero-order chi connectivity index (χ0) is 18.7. The number of aromatic nitrogens is 5. The Kier molecular flexibility index (Phi) is 3.51. The molecule has 27 heavy (non-hydrogen) atoms. The highest BCUT2D eigenvalue weighted by Gasteiger charge is 2.47. The van der Waals surface area contributed by atoms with Crippen LogP contribution in [0.2, 0.25) is 5.02 Å². The van der Waals surface area contributed by atoms with Crippen LogP contribution in [-0.4, -0.2) is 36.7 Å². The lowest BCUT2D eigenvalue weighted by Crippen LogP contribution is -2.41. The smallest absolute Gasteiger partial charge is 0.223 e. The predicted octanol–water partition coefficient (Wildman–Crippen LogP) is 2.10. The van der Waals surface area contributed by atoms with Crippen LogP contribution < -0.4 is 11.1 Å². The van der Waals surface area contributed by atoms with E-state index in [0.29, 0.717) is 27.7 Å². The second-order valence-corrected chi connectivity index (χ2v) is 7.62. The second kappa shape index (κ2) is 5.82. The van der Waals surface area contributed by atoms with Crippen molar-refractivity contribution in [2.24, 2.45) is 30.5 Å². The van der Waals surface area contributed by atoms with E-state index in [1.165, 1.54) is 0 Å². The van der Waals surface area contributed by atoms with E-state index in [-0.39, 0.29) is 29.7 Å². The van der Waals surface area contributed by atoms with Crippen LogP contribution in [0.25, 0.3) is 22.6 Å². The summed E-state index contributed by atoms with van der Waals surface area (Å²) in [4.78, 5) is 24.2. The summed E-state index contributed by atoms with van der Waals surface area (Å²) in [6, 6.07) is -0.0919. The van der Waals surface area contributed by atoms with Crippen molar-refractivity contribution in [2.45, 2.75) is 12.5 Å². The van der Waals surface area contributed by atoms with Gasteiger partial charge in [-0.05, 0) is 18.3 Å². The van der Waals surface area contributed by atoms with Crippen molar-refractivity contribution in [1.82, 2.24) is 24.7 Å². The summed E-state index contributed by atoms with van der Waals surface area (Å²) >= 11 is 6.45. The fraction of sp³-hybridized carbons (Fsp3) is 0.333. The summed E-state index contributed by atoms with van der Waals surface area (Å²) in [7, 11) is 1.85. The van der Waals surface area contributed by atoms with E-state index in [1.807, 2.05) is 13.2 Å². The predicted molar refractivity (Wildman–Crippen MR) is 102 cm³/mol. The van der Waals surface area contributed by atoms with Gasteiger partial charge in [-0.25, -0.2) is 9.97 Å². The van der Waals surface area contributed by atoms with Gasteiger partial charge < -0.3 is 16.0 Å². The number of carbonyl (C=O) groups excluding carboxylic acids is 1. The summed E-state index contributed by atoms with van der Waals surface area (Å²) < 4.78 is 1.71. The van der Waals surface area contributed by atoms with E-state index in [1.54, 1.807) is 17.1 Å². The van der Waals surface area contributed by atoms with Gasteiger partial charge in [0.15, 0.2) is 5.65 Å². The van der Waals surface area contributed by atoms with Crippen LogP contribution in [0.3, 0.4) is 0 Å². The van der Waals surface area contributed by atoms with Gasteiger partial charge in [-0.15, -0.1) is 0 Å². The molecular formula is C18H18ClN7O. The molecule has 1 fully saturated rings. The van der Waals surface area contributed by atoms with Crippen molar-refractivity contribution in [1.29, 1.82) is 0 Å². The quantitative estimate of drug-likeness (QED) is 0.597. The van der Waals surface area contributed by atoms with Crippen molar-refractivity contribution >= 4 is 34.4 Å². The molecule has 138 valence electrons. The molecule has 0 saturated heterocycles. The third-order valence-electron chi connectivity index (χ3n) is 5.55. The summed E-state index contributed by atoms with van der Waals surface area (Å²) in [5, 5.41) is 8.12. The SMILES string of the molecule is Cn1cc(-c2nc3ncc(Cl)c(N[C@H]4[C@@H](C(N)=O)[C@@H]5C=C[C@H]4C5)c3[nH]2)cn1. The lowest BCUT2D eigenvalue weighted by molar-refractivity contribution is -0.122. The van der Waals surface area contributed by atoms with Crippen molar-refractivity contribution in [3.8, 4) is 11.4 Å². The number of fused-ring (bicyclic) bond motifs is 3. The molecule has 5 rings (SSSR count). The molecule has 8 nitrogen and oxygen atoms in total. The molecule has 3 heterocycles. The second-order valence-electron chi connectivity index (χ2n) is 7.21. The third-order valence-corrected chi connectivity index (χ3v) is 5.84. The van der Waals surface area contributed by atoms with Crippen molar-refractivity contribution in [3.63, 3.8) is 0 Å². The zero-order valence-corrected chi connectivity index (χ0v) is 15.3. The lowest BCUT2D eigenvalue weighted by Gasteiger charge is -2.28. The Labute approximate surface area is 159 Å². The number of rotatable bonds is 4.